The molecule has 1 aliphatic rings. The fourth-order valence-electron chi connectivity index (χ4n) is 1.68. The maximum absolute atomic E-state index is 13.1. The molecule has 4 heteroatoms. The Balaban J connectivity index is 2.34. The fraction of sp³-hybridized carbons (Fsp3) is 0.308. The average Bonchev–Trinajstić information content (AvgIpc) is 2.50. The lowest BCUT2D eigenvalue weighted by Crippen LogP contribution is -2.09. The van der Waals surface area contributed by atoms with Gasteiger partial charge < -0.3 is 9.47 Å². The topological polar surface area (TPSA) is 35.5 Å². The highest BCUT2D eigenvalue weighted by molar-refractivity contribution is 5.94. The van der Waals surface area contributed by atoms with Gasteiger partial charge in [0.1, 0.15) is 11.6 Å². The van der Waals surface area contributed by atoms with Crippen LogP contribution in [0.3, 0.4) is 0 Å². The van der Waals surface area contributed by atoms with Crippen molar-refractivity contribution < 1.29 is 18.7 Å². The molecule has 0 radical (unpaired) electrons. The van der Waals surface area contributed by atoms with Gasteiger partial charge in [0.15, 0.2) is 0 Å². The Morgan fingerprint density at radius 2 is 2.35 bits per heavy atom. The quantitative estimate of drug-likeness (QED) is 0.740. The van der Waals surface area contributed by atoms with Crippen molar-refractivity contribution in [1.82, 2.24) is 0 Å². The van der Waals surface area contributed by atoms with Gasteiger partial charge in [-0.1, -0.05) is 0 Å². The van der Waals surface area contributed by atoms with E-state index in [1.54, 1.807) is 19.1 Å². The molecule has 0 aliphatic carbocycles. The number of halogens is 1. The summed E-state index contributed by atoms with van der Waals surface area (Å²) < 4.78 is 23.5. The van der Waals surface area contributed by atoms with E-state index >= 15 is 0 Å². The molecule has 0 saturated heterocycles. The van der Waals surface area contributed by atoms with Crippen LogP contribution in [0.25, 0.3) is 6.08 Å². The third-order valence-corrected chi connectivity index (χ3v) is 2.47. The highest BCUT2D eigenvalue weighted by atomic mass is 19.1. The molecule has 1 aliphatic heterocycles. The molecule has 3 nitrogen and oxygen atoms in total. The van der Waals surface area contributed by atoms with Crippen molar-refractivity contribution in [3.8, 4) is 5.75 Å². The van der Waals surface area contributed by atoms with Crippen LogP contribution < -0.4 is 4.74 Å². The van der Waals surface area contributed by atoms with E-state index in [9.17, 15) is 9.18 Å². The van der Waals surface area contributed by atoms with Crippen molar-refractivity contribution in [2.75, 3.05) is 13.2 Å². The highest BCUT2D eigenvalue weighted by Crippen LogP contribution is 2.26. The number of esters is 1. The number of hydrogen-bond acceptors (Lipinski definition) is 3. The van der Waals surface area contributed by atoms with E-state index in [1.165, 1.54) is 12.1 Å². The molecule has 0 unspecified atom stereocenters. The molecule has 1 heterocycles. The molecule has 1 aromatic carbocycles. The van der Waals surface area contributed by atoms with Gasteiger partial charge in [-0.3, -0.25) is 0 Å². The molecular formula is C13H13FO3. The summed E-state index contributed by atoms with van der Waals surface area (Å²) in [7, 11) is 0. The van der Waals surface area contributed by atoms with Gasteiger partial charge in [0, 0.05) is 17.6 Å². The largest absolute Gasteiger partial charge is 0.493 e. The third-order valence-electron chi connectivity index (χ3n) is 2.47. The summed E-state index contributed by atoms with van der Waals surface area (Å²) in [5.41, 5.74) is 1.08. The Labute approximate surface area is 98.8 Å². The summed E-state index contributed by atoms with van der Waals surface area (Å²) in [5, 5.41) is 0. The minimum absolute atomic E-state index is 0.326. The Hall–Kier alpha value is -1.84. The smallest absolute Gasteiger partial charge is 0.334 e. The first-order chi connectivity index (χ1) is 8.20. The summed E-state index contributed by atoms with van der Waals surface area (Å²) in [4.78, 5) is 11.6. The Morgan fingerprint density at radius 3 is 3.12 bits per heavy atom. The van der Waals surface area contributed by atoms with E-state index < -0.39 is 0 Å². The van der Waals surface area contributed by atoms with E-state index in [1.807, 2.05) is 0 Å². The van der Waals surface area contributed by atoms with Crippen LogP contribution in [0.5, 0.6) is 5.75 Å². The van der Waals surface area contributed by atoms with Crippen LogP contribution in [0.2, 0.25) is 0 Å². The van der Waals surface area contributed by atoms with Crippen molar-refractivity contribution in [3.63, 3.8) is 0 Å². The fourth-order valence-corrected chi connectivity index (χ4v) is 1.68. The average molecular weight is 236 g/mol. The van der Waals surface area contributed by atoms with Crippen LogP contribution in [-0.2, 0) is 9.53 Å². The zero-order valence-electron chi connectivity index (χ0n) is 9.53. The zero-order chi connectivity index (χ0) is 12.3. The standard InChI is InChI=1S/C13H13FO3/c1-2-16-13(15)9-5-6-17-12-4-3-11(14)8-10(12)7-9/h3-4,7-8H,2,5-6H2,1H3. The number of fused-ring (bicyclic) bond motifs is 1. The number of hydrogen-bond donors (Lipinski definition) is 0. The van der Waals surface area contributed by atoms with Crippen molar-refractivity contribution in [3.05, 3.63) is 35.2 Å². The van der Waals surface area contributed by atoms with E-state index in [-0.39, 0.29) is 11.8 Å². The van der Waals surface area contributed by atoms with Crippen molar-refractivity contribution in [2.45, 2.75) is 13.3 Å². The van der Waals surface area contributed by atoms with Gasteiger partial charge in [0.25, 0.3) is 0 Å². The van der Waals surface area contributed by atoms with Crippen LogP contribution in [0.4, 0.5) is 4.39 Å². The molecule has 1 aromatic rings. The second-order valence-electron chi connectivity index (χ2n) is 3.67. The van der Waals surface area contributed by atoms with Gasteiger partial charge in [-0.05, 0) is 31.2 Å². The molecule has 0 amide bonds. The van der Waals surface area contributed by atoms with Crippen LogP contribution in [0.1, 0.15) is 18.9 Å². The van der Waals surface area contributed by atoms with E-state index in [2.05, 4.69) is 0 Å². The predicted molar refractivity (Wildman–Crippen MR) is 61.1 cm³/mol. The predicted octanol–water partition coefficient (Wildman–Crippen LogP) is 2.55. The molecule has 0 bridgehead atoms. The molecular weight excluding hydrogens is 223 g/mol. The molecule has 90 valence electrons. The van der Waals surface area contributed by atoms with Crippen molar-refractivity contribution in [1.29, 1.82) is 0 Å². The van der Waals surface area contributed by atoms with Crippen LogP contribution in [-0.4, -0.2) is 19.2 Å². The minimum Gasteiger partial charge on any atom is -0.493 e. The lowest BCUT2D eigenvalue weighted by atomic mass is 10.1. The summed E-state index contributed by atoms with van der Waals surface area (Å²) in [6.45, 7) is 2.47. The lowest BCUT2D eigenvalue weighted by molar-refractivity contribution is -0.138. The zero-order valence-corrected chi connectivity index (χ0v) is 9.53. The van der Waals surface area contributed by atoms with Crippen LogP contribution in [0.15, 0.2) is 23.8 Å². The Morgan fingerprint density at radius 1 is 1.53 bits per heavy atom. The number of carbonyl (C=O) groups excluding carboxylic acids is 1. The number of carbonyl (C=O) groups is 1. The Bertz CT molecular complexity index is 466. The van der Waals surface area contributed by atoms with Crippen molar-refractivity contribution in [2.24, 2.45) is 0 Å². The molecule has 0 spiro atoms. The number of benzene rings is 1. The number of rotatable bonds is 2. The molecule has 0 saturated carbocycles. The second-order valence-corrected chi connectivity index (χ2v) is 3.67. The maximum atomic E-state index is 13.1. The van der Waals surface area contributed by atoms with E-state index in [0.29, 0.717) is 36.5 Å². The first kappa shape index (κ1) is 11.6. The van der Waals surface area contributed by atoms with Crippen molar-refractivity contribution >= 4 is 12.0 Å². The van der Waals surface area contributed by atoms with Gasteiger partial charge in [-0.15, -0.1) is 0 Å². The summed E-state index contributed by atoms with van der Waals surface area (Å²) in [6, 6.07) is 4.25. The van der Waals surface area contributed by atoms with Crippen LogP contribution >= 0.6 is 0 Å². The monoisotopic (exact) mass is 236 g/mol. The van der Waals surface area contributed by atoms with Gasteiger partial charge in [0.2, 0.25) is 0 Å². The first-order valence-electron chi connectivity index (χ1n) is 5.50. The lowest BCUT2D eigenvalue weighted by Gasteiger charge is -2.04. The van der Waals surface area contributed by atoms with E-state index in [4.69, 9.17) is 9.47 Å². The highest BCUT2D eigenvalue weighted by Gasteiger charge is 2.16. The van der Waals surface area contributed by atoms with Crippen LogP contribution in [0, 0.1) is 5.82 Å². The summed E-state index contributed by atoms with van der Waals surface area (Å²) in [6.07, 6.45) is 2.10. The molecule has 0 fully saturated rings. The molecule has 0 N–H and O–H groups in total. The Kier molecular flexibility index (Phi) is 3.42. The molecule has 2 rings (SSSR count). The minimum atomic E-state index is -0.367. The number of ether oxygens (including phenoxy) is 2. The second kappa shape index (κ2) is 4.99. The van der Waals surface area contributed by atoms with Gasteiger partial charge in [0.05, 0.1) is 13.2 Å². The summed E-state index contributed by atoms with van der Waals surface area (Å²) >= 11 is 0. The first-order valence-corrected chi connectivity index (χ1v) is 5.50. The molecule has 0 aromatic heterocycles. The molecule has 0 atom stereocenters. The van der Waals surface area contributed by atoms with Gasteiger partial charge in [-0.2, -0.15) is 0 Å². The SMILES string of the molecule is CCOC(=O)C1=Cc2cc(F)ccc2OCC1. The van der Waals surface area contributed by atoms with E-state index in [0.717, 1.165) is 0 Å². The normalized spacial score (nSPS) is 14.1. The summed E-state index contributed by atoms with van der Waals surface area (Å²) in [5.74, 6) is -0.132. The maximum Gasteiger partial charge on any atom is 0.334 e. The van der Waals surface area contributed by atoms with Gasteiger partial charge >= 0.3 is 5.97 Å². The van der Waals surface area contributed by atoms with Gasteiger partial charge in [-0.25, -0.2) is 9.18 Å². The molecule has 17 heavy (non-hydrogen) atoms. The third kappa shape index (κ3) is 2.64.